The minimum absolute atomic E-state index is 0.0238. The van der Waals surface area contributed by atoms with Crippen LogP contribution in [0.5, 0.6) is 63.2 Å². The van der Waals surface area contributed by atoms with Crippen molar-refractivity contribution in [3.05, 3.63) is 76.3 Å². The van der Waals surface area contributed by atoms with Crippen LogP contribution < -0.4 is 9.47 Å². The molecule has 6 rings (SSSR count). The van der Waals surface area contributed by atoms with Gasteiger partial charge in [0.25, 0.3) is 0 Å². The second-order valence-corrected chi connectivity index (χ2v) is 10.5. The minimum Gasteiger partial charge on any atom is -0.508 e. The van der Waals surface area contributed by atoms with Crippen molar-refractivity contribution in [2.45, 2.75) is 36.8 Å². The van der Waals surface area contributed by atoms with Crippen LogP contribution in [0.4, 0.5) is 0 Å². The largest absolute Gasteiger partial charge is 0.508 e. The molecule has 0 saturated carbocycles. The highest BCUT2D eigenvalue weighted by atomic mass is 16.5. The molecule has 0 saturated heterocycles. The van der Waals surface area contributed by atoms with E-state index >= 15 is 0 Å². The standard InChI is InChI=1S/C30H26O13/c31-12-1-2-13-22(7-12)42-29(11-5-19(36)26(40)20(37)6-11)27(41)23(13)24-16(33)9-15(32)14-8-21(38)28(43-30(14)24)10-3-17(34)25(39)18(35)4-10/h1-7,9,21,23,27-29,31-41H,8H2. The molecule has 2 aliphatic rings. The molecule has 0 bridgehead atoms. The van der Waals surface area contributed by atoms with E-state index in [0.29, 0.717) is 0 Å². The molecule has 4 aromatic carbocycles. The summed E-state index contributed by atoms with van der Waals surface area (Å²) in [5.41, 5.74) is 0.348. The van der Waals surface area contributed by atoms with Gasteiger partial charge >= 0.3 is 0 Å². The lowest BCUT2D eigenvalue weighted by molar-refractivity contribution is 0.00176. The molecule has 0 amide bonds. The minimum atomic E-state index is -1.59. The fourth-order valence-corrected chi connectivity index (χ4v) is 5.75. The molecule has 2 aliphatic heterocycles. The number of hydrogen-bond acceptors (Lipinski definition) is 13. The first kappa shape index (κ1) is 27.8. The third-order valence-corrected chi connectivity index (χ3v) is 7.77. The van der Waals surface area contributed by atoms with Crippen LogP contribution in [0.1, 0.15) is 45.9 Å². The molecular weight excluding hydrogens is 568 g/mol. The molecule has 0 aliphatic carbocycles. The molecule has 2 heterocycles. The van der Waals surface area contributed by atoms with Gasteiger partial charge in [0.05, 0.1) is 6.10 Å². The molecule has 4 aromatic rings. The van der Waals surface area contributed by atoms with Crippen molar-refractivity contribution in [2.75, 3.05) is 0 Å². The maximum atomic E-state index is 11.8. The number of aromatic hydroxyl groups is 9. The SMILES string of the molecule is Oc1ccc2c(c1)OC(c1cc(O)c(O)c(O)c1)C(O)C2c1c(O)cc(O)c2c1OC(c1cc(O)c(O)c(O)c1)C(O)C2. The van der Waals surface area contributed by atoms with Crippen LogP contribution in [0.15, 0.2) is 48.5 Å². The van der Waals surface area contributed by atoms with Crippen LogP contribution in [0.25, 0.3) is 0 Å². The summed E-state index contributed by atoms with van der Waals surface area (Å²) in [6.45, 7) is 0. The predicted molar refractivity (Wildman–Crippen MR) is 145 cm³/mol. The maximum absolute atomic E-state index is 11.8. The Morgan fingerprint density at radius 3 is 1.72 bits per heavy atom. The number of phenols is 9. The molecule has 224 valence electrons. The number of benzene rings is 4. The zero-order chi connectivity index (χ0) is 30.9. The van der Waals surface area contributed by atoms with E-state index in [4.69, 9.17) is 9.47 Å². The zero-order valence-corrected chi connectivity index (χ0v) is 21.9. The second kappa shape index (κ2) is 9.86. The van der Waals surface area contributed by atoms with E-state index in [0.717, 1.165) is 30.3 Å². The van der Waals surface area contributed by atoms with Crippen molar-refractivity contribution < 1.29 is 65.6 Å². The first-order chi connectivity index (χ1) is 20.3. The quantitative estimate of drug-likeness (QED) is 0.153. The lowest BCUT2D eigenvalue weighted by Gasteiger charge is -2.40. The lowest BCUT2D eigenvalue weighted by atomic mass is 9.77. The number of aliphatic hydroxyl groups excluding tert-OH is 2. The van der Waals surface area contributed by atoms with Gasteiger partial charge in [0.15, 0.2) is 46.7 Å². The summed E-state index contributed by atoms with van der Waals surface area (Å²) in [5.74, 6) is -6.80. The highest BCUT2D eigenvalue weighted by Gasteiger charge is 2.45. The van der Waals surface area contributed by atoms with Crippen LogP contribution >= 0.6 is 0 Å². The topological polar surface area (TPSA) is 241 Å². The van der Waals surface area contributed by atoms with Gasteiger partial charge in [-0.1, -0.05) is 6.07 Å². The van der Waals surface area contributed by atoms with Gasteiger partial charge < -0.3 is 65.6 Å². The Hall–Kier alpha value is -5.40. The fourth-order valence-electron chi connectivity index (χ4n) is 5.75. The summed E-state index contributed by atoms with van der Waals surface area (Å²) >= 11 is 0. The van der Waals surface area contributed by atoms with Gasteiger partial charge in [0, 0.05) is 52.3 Å². The number of ether oxygens (including phenoxy) is 2. The van der Waals surface area contributed by atoms with E-state index in [2.05, 4.69) is 0 Å². The molecule has 0 fully saturated rings. The Bertz CT molecular complexity index is 1720. The first-order valence-electron chi connectivity index (χ1n) is 12.9. The normalized spacial score (nSPS) is 22.6. The lowest BCUT2D eigenvalue weighted by Crippen LogP contribution is -2.36. The Balaban J connectivity index is 1.54. The van der Waals surface area contributed by atoms with Crippen LogP contribution in [-0.4, -0.2) is 68.4 Å². The van der Waals surface area contributed by atoms with Crippen LogP contribution in [0.2, 0.25) is 0 Å². The van der Waals surface area contributed by atoms with E-state index < -0.39 is 76.3 Å². The van der Waals surface area contributed by atoms with E-state index in [9.17, 15) is 56.2 Å². The van der Waals surface area contributed by atoms with Crippen molar-refractivity contribution in [3.8, 4) is 63.2 Å². The first-order valence-corrected chi connectivity index (χ1v) is 12.9. The van der Waals surface area contributed by atoms with E-state index in [1.807, 2.05) is 0 Å². The van der Waals surface area contributed by atoms with E-state index in [1.165, 1.54) is 18.2 Å². The third-order valence-electron chi connectivity index (χ3n) is 7.77. The van der Waals surface area contributed by atoms with Crippen molar-refractivity contribution in [2.24, 2.45) is 0 Å². The summed E-state index contributed by atoms with van der Waals surface area (Å²) < 4.78 is 12.1. The Morgan fingerprint density at radius 2 is 1.14 bits per heavy atom. The molecule has 5 unspecified atom stereocenters. The fraction of sp³-hybridized carbons (Fsp3) is 0.200. The van der Waals surface area contributed by atoms with Gasteiger partial charge in [-0.25, -0.2) is 0 Å². The number of fused-ring (bicyclic) bond motifs is 2. The molecule has 13 heteroatoms. The van der Waals surface area contributed by atoms with Crippen molar-refractivity contribution >= 4 is 0 Å². The van der Waals surface area contributed by atoms with Crippen LogP contribution in [0, 0.1) is 0 Å². The van der Waals surface area contributed by atoms with Crippen molar-refractivity contribution in [1.82, 2.24) is 0 Å². The number of aliphatic hydroxyl groups is 2. The van der Waals surface area contributed by atoms with Crippen molar-refractivity contribution in [3.63, 3.8) is 0 Å². The highest BCUT2D eigenvalue weighted by molar-refractivity contribution is 5.64. The molecule has 0 radical (unpaired) electrons. The molecular formula is C30H26O13. The predicted octanol–water partition coefficient (Wildman–Crippen LogP) is 2.70. The monoisotopic (exact) mass is 594 g/mol. The third kappa shape index (κ3) is 4.42. The summed E-state index contributed by atoms with van der Waals surface area (Å²) in [5, 5.41) is 115. The van der Waals surface area contributed by atoms with Gasteiger partial charge in [-0.15, -0.1) is 0 Å². The zero-order valence-electron chi connectivity index (χ0n) is 21.9. The molecule has 43 heavy (non-hydrogen) atoms. The average molecular weight is 595 g/mol. The van der Waals surface area contributed by atoms with Gasteiger partial charge in [-0.05, 0) is 30.3 Å². The molecule has 5 atom stereocenters. The van der Waals surface area contributed by atoms with Gasteiger partial charge in [-0.2, -0.15) is 0 Å². The summed E-state index contributed by atoms with van der Waals surface area (Å²) in [7, 11) is 0. The smallest absolute Gasteiger partial charge is 0.200 e. The molecule has 13 nitrogen and oxygen atoms in total. The van der Waals surface area contributed by atoms with Crippen molar-refractivity contribution in [1.29, 1.82) is 0 Å². The molecule has 0 spiro atoms. The Kier molecular flexibility index (Phi) is 6.36. The average Bonchev–Trinajstić information content (AvgIpc) is 2.95. The highest BCUT2D eigenvalue weighted by Crippen LogP contribution is 2.56. The Morgan fingerprint density at radius 1 is 0.581 bits per heavy atom. The van der Waals surface area contributed by atoms with Crippen LogP contribution in [0.3, 0.4) is 0 Å². The molecule has 0 aromatic heterocycles. The Labute approximate surface area is 242 Å². The van der Waals surface area contributed by atoms with E-state index in [1.54, 1.807) is 0 Å². The van der Waals surface area contributed by atoms with Crippen LogP contribution in [-0.2, 0) is 6.42 Å². The van der Waals surface area contributed by atoms with Gasteiger partial charge in [0.1, 0.15) is 34.9 Å². The number of hydrogen-bond donors (Lipinski definition) is 11. The summed E-state index contributed by atoms with van der Waals surface area (Å²) in [6.07, 6.45) is -5.79. The number of phenolic OH excluding ortho intramolecular Hbond substituents is 9. The van der Waals surface area contributed by atoms with E-state index in [-0.39, 0.29) is 51.5 Å². The number of rotatable bonds is 3. The summed E-state index contributed by atoms with van der Waals surface area (Å²) in [4.78, 5) is 0. The van der Waals surface area contributed by atoms with Gasteiger partial charge in [0.2, 0.25) is 0 Å². The van der Waals surface area contributed by atoms with Gasteiger partial charge in [-0.3, -0.25) is 0 Å². The maximum Gasteiger partial charge on any atom is 0.200 e. The summed E-state index contributed by atoms with van der Waals surface area (Å²) in [6, 6.07) is 9.28. The molecule has 11 N–H and O–H groups in total. The second-order valence-electron chi connectivity index (χ2n) is 10.5.